The van der Waals surface area contributed by atoms with Crippen LogP contribution in [0.1, 0.15) is 39.0 Å². The van der Waals surface area contributed by atoms with Crippen molar-refractivity contribution >= 4 is 35.1 Å². The van der Waals surface area contributed by atoms with Crippen molar-refractivity contribution in [2.75, 3.05) is 38.0 Å². The van der Waals surface area contributed by atoms with Crippen LogP contribution < -0.4 is 5.32 Å². The van der Waals surface area contributed by atoms with Gasteiger partial charge in [-0.1, -0.05) is 23.7 Å². The molecular weight excluding hydrogens is 404 g/mol. The minimum Gasteiger partial charge on any atom is -0.342 e. The molecule has 0 bridgehead atoms. The number of fused-ring (bicyclic) bond motifs is 1. The maximum absolute atomic E-state index is 13.6. The number of halogens is 1. The number of anilines is 1. The van der Waals surface area contributed by atoms with E-state index in [4.69, 9.17) is 11.6 Å². The van der Waals surface area contributed by atoms with Crippen LogP contribution in [0.25, 0.3) is 0 Å². The molecule has 8 heteroatoms. The normalized spacial score (nSPS) is 26.3. The van der Waals surface area contributed by atoms with Crippen LogP contribution in [0.15, 0.2) is 24.3 Å². The van der Waals surface area contributed by atoms with E-state index in [9.17, 15) is 14.4 Å². The molecule has 3 aliphatic rings. The van der Waals surface area contributed by atoms with Crippen LogP contribution in [0.4, 0.5) is 10.5 Å². The largest absolute Gasteiger partial charge is 0.342 e. The number of hydrogen-bond acceptors (Lipinski definition) is 3. The molecule has 0 radical (unpaired) electrons. The number of para-hydroxylation sites is 1. The fraction of sp³-hybridized carbons (Fsp3) is 0.591. The first-order chi connectivity index (χ1) is 14.4. The van der Waals surface area contributed by atoms with Gasteiger partial charge < -0.3 is 20.0 Å². The summed E-state index contributed by atoms with van der Waals surface area (Å²) >= 11 is 6.18. The number of benzene rings is 1. The summed E-state index contributed by atoms with van der Waals surface area (Å²) < 4.78 is 0. The average Bonchev–Trinajstić information content (AvgIpc) is 3.34. The zero-order chi connectivity index (χ0) is 21.3. The SMILES string of the molecule is CC(=O)N1CC[C@@]2(C(=O)N3CCCC3)CCN(C(=O)Nc3ccccc3Cl)CC[C@@H]12. The molecule has 0 aromatic heterocycles. The first kappa shape index (κ1) is 21.0. The molecule has 162 valence electrons. The molecule has 1 N–H and O–H groups in total. The third-order valence-electron chi connectivity index (χ3n) is 6.94. The molecule has 7 nitrogen and oxygen atoms in total. The number of urea groups is 1. The first-order valence-electron chi connectivity index (χ1n) is 10.8. The summed E-state index contributed by atoms with van der Waals surface area (Å²) in [7, 11) is 0. The second kappa shape index (κ2) is 8.46. The van der Waals surface area contributed by atoms with E-state index < -0.39 is 5.41 Å². The van der Waals surface area contributed by atoms with Crippen LogP contribution in [0.2, 0.25) is 5.02 Å². The Labute approximate surface area is 182 Å². The van der Waals surface area contributed by atoms with E-state index in [2.05, 4.69) is 5.32 Å². The molecule has 3 heterocycles. The number of carbonyl (C=O) groups excluding carboxylic acids is 3. The van der Waals surface area contributed by atoms with E-state index in [1.165, 1.54) is 0 Å². The van der Waals surface area contributed by atoms with Gasteiger partial charge in [0.2, 0.25) is 11.8 Å². The number of rotatable bonds is 2. The second-order valence-corrected chi connectivity index (χ2v) is 8.98. The highest BCUT2D eigenvalue weighted by molar-refractivity contribution is 6.33. The van der Waals surface area contributed by atoms with Crippen LogP contribution >= 0.6 is 11.6 Å². The van der Waals surface area contributed by atoms with Crippen molar-refractivity contribution in [3.63, 3.8) is 0 Å². The summed E-state index contributed by atoms with van der Waals surface area (Å²) in [6.45, 7) is 4.76. The lowest BCUT2D eigenvalue weighted by Gasteiger charge is -2.37. The van der Waals surface area contributed by atoms with Crippen LogP contribution in [0, 0.1) is 5.41 Å². The summed E-state index contributed by atoms with van der Waals surface area (Å²) in [5.74, 6) is 0.173. The van der Waals surface area contributed by atoms with Gasteiger partial charge in [0.25, 0.3) is 0 Å². The number of nitrogens with one attached hydrogen (secondary N) is 1. The van der Waals surface area contributed by atoms with Crippen molar-refractivity contribution in [3.05, 3.63) is 29.3 Å². The minimum absolute atomic E-state index is 0.00469. The van der Waals surface area contributed by atoms with Crippen LogP contribution in [0.5, 0.6) is 0 Å². The Morgan fingerprint density at radius 2 is 1.70 bits per heavy atom. The summed E-state index contributed by atoms with van der Waals surface area (Å²) in [5.41, 5.74) is -0.0167. The maximum Gasteiger partial charge on any atom is 0.321 e. The fourth-order valence-electron chi connectivity index (χ4n) is 5.32. The van der Waals surface area contributed by atoms with E-state index >= 15 is 0 Å². The Morgan fingerprint density at radius 3 is 2.40 bits per heavy atom. The monoisotopic (exact) mass is 432 g/mol. The third kappa shape index (κ3) is 3.75. The minimum atomic E-state index is -0.588. The zero-order valence-electron chi connectivity index (χ0n) is 17.4. The van der Waals surface area contributed by atoms with Gasteiger partial charge in [0.15, 0.2) is 0 Å². The van der Waals surface area contributed by atoms with Gasteiger partial charge in [-0.15, -0.1) is 0 Å². The lowest BCUT2D eigenvalue weighted by molar-refractivity contribution is -0.144. The standard InChI is InChI=1S/C22H29ClN4O3/c1-16(28)27-15-10-22(20(29)25-11-4-5-12-25)9-14-26(13-8-19(22)27)21(30)24-18-7-3-2-6-17(18)23/h2-3,6-7,19H,4-5,8-15H2,1H3,(H,24,30)/t19-,22+/m1/s1. The molecule has 0 saturated carbocycles. The number of amides is 4. The van der Waals surface area contributed by atoms with Gasteiger partial charge in [0, 0.05) is 45.7 Å². The highest BCUT2D eigenvalue weighted by atomic mass is 35.5. The molecule has 0 aliphatic carbocycles. The van der Waals surface area contributed by atoms with Crippen molar-refractivity contribution in [2.24, 2.45) is 5.41 Å². The Kier molecular flexibility index (Phi) is 5.91. The Morgan fingerprint density at radius 1 is 1.00 bits per heavy atom. The van der Waals surface area contributed by atoms with Crippen molar-refractivity contribution < 1.29 is 14.4 Å². The molecule has 30 heavy (non-hydrogen) atoms. The third-order valence-corrected chi connectivity index (χ3v) is 7.27. The zero-order valence-corrected chi connectivity index (χ0v) is 18.2. The van der Waals surface area contributed by atoms with Gasteiger partial charge >= 0.3 is 6.03 Å². The highest BCUT2D eigenvalue weighted by Crippen LogP contribution is 2.45. The van der Waals surface area contributed by atoms with E-state index in [-0.39, 0.29) is 23.9 Å². The van der Waals surface area contributed by atoms with E-state index in [1.54, 1.807) is 24.0 Å². The fourth-order valence-corrected chi connectivity index (χ4v) is 5.50. The number of likely N-dealkylation sites (tertiary alicyclic amines) is 3. The molecule has 3 fully saturated rings. The van der Waals surface area contributed by atoms with Crippen LogP contribution in [-0.2, 0) is 9.59 Å². The van der Waals surface area contributed by atoms with Crippen LogP contribution in [0.3, 0.4) is 0 Å². The molecule has 4 amide bonds. The van der Waals surface area contributed by atoms with Gasteiger partial charge in [0.05, 0.1) is 16.1 Å². The molecule has 1 aromatic rings. The van der Waals surface area contributed by atoms with E-state index in [0.29, 0.717) is 49.6 Å². The van der Waals surface area contributed by atoms with Crippen LogP contribution in [-0.4, -0.2) is 71.3 Å². The first-order valence-corrected chi connectivity index (χ1v) is 11.2. The van der Waals surface area contributed by atoms with Gasteiger partial charge in [-0.05, 0) is 44.2 Å². The Hall–Kier alpha value is -2.28. The molecular formula is C22H29ClN4O3. The summed E-state index contributed by atoms with van der Waals surface area (Å²) in [5, 5.41) is 3.37. The number of hydrogen-bond donors (Lipinski definition) is 1. The molecule has 1 aromatic carbocycles. The highest BCUT2D eigenvalue weighted by Gasteiger charge is 2.55. The molecule has 2 atom stereocenters. The molecule has 0 unspecified atom stereocenters. The lowest BCUT2D eigenvalue weighted by atomic mass is 9.75. The lowest BCUT2D eigenvalue weighted by Crippen LogP contribution is -2.51. The van der Waals surface area contributed by atoms with Crippen molar-refractivity contribution in [1.29, 1.82) is 0 Å². The Balaban J connectivity index is 1.54. The number of nitrogens with zero attached hydrogens (tertiary/aromatic N) is 3. The van der Waals surface area contributed by atoms with E-state index in [1.807, 2.05) is 21.9 Å². The van der Waals surface area contributed by atoms with Gasteiger partial charge in [-0.2, -0.15) is 0 Å². The summed E-state index contributed by atoms with van der Waals surface area (Å²) in [6.07, 6.45) is 3.93. The predicted molar refractivity (Wildman–Crippen MR) is 115 cm³/mol. The average molecular weight is 433 g/mol. The quantitative estimate of drug-likeness (QED) is 0.779. The molecule has 3 saturated heterocycles. The second-order valence-electron chi connectivity index (χ2n) is 8.57. The van der Waals surface area contributed by atoms with Gasteiger partial charge in [-0.25, -0.2) is 4.79 Å². The van der Waals surface area contributed by atoms with Gasteiger partial charge in [-0.3, -0.25) is 9.59 Å². The molecule has 0 spiro atoms. The van der Waals surface area contributed by atoms with Crippen molar-refractivity contribution in [1.82, 2.24) is 14.7 Å². The summed E-state index contributed by atoms with van der Waals surface area (Å²) in [6, 6.07) is 6.77. The number of carbonyl (C=O) groups is 3. The Bertz CT molecular complexity index is 841. The smallest absolute Gasteiger partial charge is 0.321 e. The maximum atomic E-state index is 13.6. The van der Waals surface area contributed by atoms with E-state index in [0.717, 1.165) is 25.9 Å². The molecule has 3 aliphatic heterocycles. The topological polar surface area (TPSA) is 73.0 Å². The van der Waals surface area contributed by atoms with Crippen molar-refractivity contribution in [2.45, 2.75) is 45.1 Å². The molecule has 4 rings (SSSR count). The van der Waals surface area contributed by atoms with Gasteiger partial charge in [0.1, 0.15) is 0 Å². The summed E-state index contributed by atoms with van der Waals surface area (Å²) in [4.78, 5) is 44.4. The predicted octanol–water partition coefficient (Wildman–Crippen LogP) is 3.20. The van der Waals surface area contributed by atoms with Crippen molar-refractivity contribution in [3.8, 4) is 0 Å².